The molecule has 0 aromatic heterocycles. The van der Waals surface area contributed by atoms with Crippen LogP contribution < -0.4 is 5.32 Å². The van der Waals surface area contributed by atoms with Gasteiger partial charge in [-0.1, -0.05) is 20.3 Å². The summed E-state index contributed by atoms with van der Waals surface area (Å²) in [5.74, 6) is 0.493. The topological polar surface area (TPSA) is 38.3 Å². The predicted octanol–water partition coefficient (Wildman–Crippen LogP) is 2.89. The fraction of sp³-hybridized carbons (Fsp3) is 0.929. The van der Waals surface area contributed by atoms with Crippen LogP contribution in [0.15, 0.2) is 0 Å². The normalized spacial score (nSPS) is 26.5. The molecule has 3 unspecified atom stereocenters. The Balaban J connectivity index is 2.28. The Morgan fingerprint density at radius 1 is 1.35 bits per heavy atom. The molecule has 1 saturated carbocycles. The maximum Gasteiger partial charge on any atom is 0.320 e. The van der Waals surface area contributed by atoms with Gasteiger partial charge in [-0.2, -0.15) is 0 Å². The Bertz CT molecular complexity index is 230. The maximum absolute atomic E-state index is 11.7. The first-order chi connectivity index (χ1) is 8.17. The Morgan fingerprint density at radius 3 is 2.71 bits per heavy atom. The number of nitrogens with one attached hydrogen (secondary N) is 1. The summed E-state index contributed by atoms with van der Waals surface area (Å²) in [6.45, 7) is 6.73. The van der Waals surface area contributed by atoms with E-state index >= 15 is 0 Å². The number of hydrogen-bond donors (Lipinski definition) is 1. The highest BCUT2D eigenvalue weighted by Crippen LogP contribution is 2.29. The first-order valence-corrected chi connectivity index (χ1v) is 7.10. The summed E-state index contributed by atoms with van der Waals surface area (Å²) in [5, 5.41) is 3.18. The molecule has 0 aromatic rings. The van der Waals surface area contributed by atoms with Crippen LogP contribution in [-0.2, 0) is 9.53 Å². The van der Waals surface area contributed by atoms with Crippen molar-refractivity contribution in [3.05, 3.63) is 0 Å². The molecule has 0 aliphatic heterocycles. The Hall–Kier alpha value is -0.570. The van der Waals surface area contributed by atoms with E-state index in [0.717, 1.165) is 19.3 Å². The fourth-order valence-electron chi connectivity index (χ4n) is 2.41. The SMILES string of the molecule is CCC(C)NCC(=O)OC1CCCCC1CC. The zero-order valence-corrected chi connectivity index (χ0v) is 11.5. The van der Waals surface area contributed by atoms with Crippen LogP contribution in [0.2, 0.25) is 0 Å². The molecule has 100 valence electrons. The van der Waals surface area contributed by atoms with Crippen molar-refractivity contribution in [3.8, 4) is 0 Å². The van der Waals surface area contributed by atoms with E-state index in [0.29, 0.717) is 18.5 Å². The van der Waals surface area contributed by atoms with E-state index in [2.05, 4.69) is 26.1 Å². The lowest BCUT2D eigenvalue weighted by Gasteiger charge is -2.30. The highest BCUT2D eigenvalue weighted by molar-refractivity contribution is 5.71. The van der Waals surface area contributed by atoms with Gasteiger partial charge in [-0.25, -0.2) is 0 Å². The van der Waals surface area contributed by atoms with Gasteiger partial charge in [0.25, 0.3) is 0 Å². The number of ether oxygens (including phenoxy) is 1. The lowest BCUT2D eigenvalue weighted by Crippen LogP contribution is -2.36. The molecule has 3 nitrogen and oxygen atoms in total. The average molecular weight is 241 g/mol. The van der Waals surface area contributed by atoms with E-state index in [1.165, 1.54) is 19.3 Å². The second-order valence-electron chi connectivity index (χ2n) is 5.17. The van der Waals surface area contributed by atoms with Gasteiger partial charge in [-0.15, -0.1) is 0 Å². The molecule has 3 heteroatoms. The Labute approximate surface area is 105 Å². The molecule has 0 radical (unpaired) electrons. The number of carbonyl (C=O) groups excluding carboxylic acids is 1. The molecule has 17 heavy (non-hydrogen) atoms. The van der Waals surface area contributed by atoms with Gasteiger partial charge in [0.05, 0.1) is 6.54 Å². The minimum atomic E-state index is -0.0874. The van der Waals surface area contributed by atoms with Crippen molar-refractivity contribution in [1.82, 2.24) is 5.32 Å². The minimum absolute atomic E-state index is 0.0874. The molecule has 1 rings (SSSR count). The zero-order chi connectivity index (χ0) is 12.7. The van der Waals surface area contributed by atoms with E-state index in [1.54, 1.807) is 0 Å². The highest BCUT2D eigenvalue weighted by atomic mass is 16.5. The van der Waals surface area contributed by atoms with E-state index in [1.807, 2.05) is 0 Å². The predicted molar refractivity (Wildman–Crippen MR) is 69.9 cm³/mol. The molecule has 0 bridgehead atoms. The Kier molecular flexibility index (Phi) is 6.56. The van der Waals surface area contributed by atoms with Crippen LogP contribution in [0.25, 0.3) is 0 Å². The van der Waals surface area contributed by atoms with E-state index in [4.69, 9.17) is 4.74 Å². The molecule has 0 spiro atoms. The lowest BCUT2D eigenvalue weighted by molar-refractivity contribution is -0.152. The summed E-state index contributed by atoms with van der Waals surface area (Å²) < 4.78 is 5.59. The smallest absolute Gasteiger partial charge is 0.320 e. The molecule has 0 amide bonds. The molecule has 1 fully saturated rings. The van der Waals surface area contributed by atoms with Crippen molar-refractivity contribution in [3.63, 3.8) is 0 Å². The molecule has 1 aliphatic carbocycles. The van der Waals surface area contributed by atoms with Gasteiger partial charge in [0.1, 0.15) is 6.10 Å². The summed E-state index contributed by atoms with van der Waals surface area (Å²) >= 11 is 0. The molecule has 3 atom stereocenters. The quantitative estimate of drug-likeness (QED) is 0.727. The van der Waals surface area contributed by atoms with Crippen molar-refractivity contribution >= 4 is 5.97 Å². The van der Waals surface area contributed by atoms with Crippen LogP contribution in [0.5, 0.6) is 0 Å². The maximum atomic E-state index is 11.7. The second-order valence-corrected chi connectivity index (χ2v) is 5.17. The Morgan fingerprint density at radius 2 is 2.06 bits per heavy atom. The summed E-state index contributed by atoms with van der Waals surface area (Å²) in [5.41, 5.74) is 0. The number of carbonyl (C=O) groups is 1. The summed E-state index contributed by atoms with van der Waals surface area (Å²) in [4.78, 5) is 11.7. The van der Waals surface area contributed by atoms with Gasteiger partial charge in [0.2, 0.25) is 0 Å². The first kappa shape index (κ1) is 14.5. The van der Waals surface area contributed by atoms with Gasteiger partial charge >= 0.3 is 5.97 Å². The summed E-state index contributed by atoms with van der Waals surface area (Å²) in [7, 11) is 0. The van der Waals surface area contributed by atoms with Crippen LogP contribution in [-0.4, -0.2) is 24.7 Å². The third kappa shape index (κ3) is 5.07. The molecule has 0 saturated heterocycles. The highest BCUT2D eigenvalue weighted by Gasteiger charge is 2.26. The molecule has 0 heterocycles. The van der Waals surface area contributed by atoms with Crippen LogP contribution in [0.3, 0.4) is 0 Å². The van der Waals surface area contributed by atoms with Crippen LogP contribution in [0.1, 0.15) is 59.3 Å². The summed E-state index contributed by atoms with van der Waals surface area (Å²) in [6, 6.07) is 0.385. The van der Waals surface area contributed by atoms with Crippen molar-refractivity contribution in [2.45, 2.75) is 71.4 Å². The third-order valence-electron chi connectivity index (χ3n) is 3.85. The number of rotatable bonds is 6. The standard InChI is InChI=1S/C14H27NO2/c1-4-11(3)15-10-14(16)17-13-9-7-6-8-12(13)5-2/h11-13,15H,4-10H2,1-3H3. The van der Waals surface area contributed by atoms with Gasteiger partial charge < -0.3 is 10.1 Å². The van der Waals surface area contributed by atoms with Crippen molar-refractivity contribution in [1.29, 1.82) is 0 Å². The molecule has 1 aliphatic rings. The van der Waals surface area contributed by atoms with Crippen molar-refractivity contribution in [2.24, 2.45) is 5.92 Å². The van der Waals surface area contributed by atoms with E-state index < -0.39 is 0 Å². The van der Waals surface area contributed by atoms with Gasteiger partial charge in [0.15, 0.2) is 0 Å². The van der Waals surface area contributed by atoms with Crippen molar-refractivity contribution in [2.75, 3.05) is 6.54 Å². The minimum Gasteiger partial charge on any atom is -0.461 e. The molecular weight excluding hydrogens is 214 g/mol. The second kappa shape index (κ2) is 7.70. The van der Waals surface area contributed by atoms with Crippen molar-refractivity contribution < 1.29 is 9.53 Å². The largest absolute Gasteiger partial charge is 0.461 e. The first-order valence-electron chi connectivity index (χ1n) is 7.10. The van der Waals surface area contributed by atoms with E-state index in [-0.39, 0.29) is 12.1 Å². The molecule has 0 aromatic carbocycles. The van der Waals surface area contributed by atoms with Gasteiger partial charge in [0, 0.05) is 6.04 Å². The average Bonchev–Trinajstić information content (AvgIpc) is 2.36. The zero-order valence-electron chi connectivity index (χ0n) is 11.5. The van der Waals surface area contributed by atoms with Gasteiger partial charge in [-0.3, -0.25) is 4.79 Å². The summed E-state index contributed by atoms with van der Waals surface area (Å²) in [6.07, 6.45) is 7.08. The van der Waals surface area contributed by atoms with Gasteiger partial charge in [-0.05, 0) is 44.9 Å². The third-order valence-corrected chi connectivity index (χ3v) is 3.85. The molecule has 1 N–H and O–H groups in total. The monoisotopic (exact) mass is 241 g/mol. The molecular formula is C14H27NO2. The van der Waals surface area contributed by atoms with Crippen LogP contribution >= 0.6 is 0 Å². The van der Waals surface area contributed by atoms with Crippen LogP contribution in [0.4, 0.5) is 0 Å². The number of esters is 1. The lowest BCUT2D eigenvalue weighted by atomic mass is 9.85. The van der Waals surface area contributed by atoms with Crippen LogP contribution in [0, 0.1) is 5.92 Å². The van der Waals surface area contributed by atoms with E-state index in [9.17, 15) is 4.79 Å². The number of hydrogen-bond acceptors (Lipinski definition) is 3. The fourth-order valence-corrected chi connectivity index (χ4v) is 2.41.